The van der Waals surface area contributed by atoms with E-state index in [4.69, 9.17) is 4.74 Å². The van der Waals surface area contributed by atoms with Gasteiger partial charge in [-0.15, -0.1) is 0 Å². The molecule has 0 spiro atoms. The molecule has 1 saturated heterocycles. The molecular weight excluding hydrogens is 296 g/mol. The van der Waals surface area contributed by atoms with E-state index < -0.39 is 0 Å². The standard InChI is InChI=1S/C12H15BrN4O/c1-16-5-2-9(3-6-16)18-12-11-14-4-7-17(11)8-10(13)15-12/h4,7-9H,2-3,5-6H2,1H3. The normalized spacial score (nSPS) is 18.3. The van der Waals surface area contributed by atoms with Crippen LogP contribution in [0.5, 0.6) is 5.88 Å². The van der Waals surface area contributed by atoms with Crippen LogP contribution in [0.1, 0.15) is 12.8 Å². The van der Waals surface area contributed by atoms with Gasteiger partial charge in [-0.3, -0.25) is 4.40 Å². The minimum absolute atomic E-state index is 0.239. The van der Waals surface area contributed by atoms with Crippen molar-refractivity contribution in [3.8, 4) is 5.88 Å². The number of fused-ring (bicyclic) bond motifs is 1. The highest BCUT2D eigenvalue weighted by Gasteiger charge is 2.20. The summed E-state index contributed by atoms with van der Waals surface area (Å²) >= 11 is 3.39. The second-order valence-electron chi connectivity index (χ2n) is 4.65. The van der Waals surface area contributed by atoms with Crippen LogP contribution >= 0.6 is 15.9 Å². The molecule has 0 bridgehead atoms. The summed E-state index contributed by atoms with van der Waals surface area (Å²) in [6.45, 7) is 2.15. The van der Waals surface area contributed by atoms with Gasteiger partial charge in [0.1, 0.15) is 10.7 Å². The number of halogens is 1. The Morgan fingerprint density at radius 2 is 2.17 bits per heavy atom. The Bertz CT molecular complexity index is 548. The summed E-state index contributed by atoms with van der Waals surface area (Å²) in [4.78, 5) is 11.0. The number of hydrogen-bond acceptors (Lipinski definition) is 4. The monoisotopic (exact) mass is 310 g/mol. The Labute approximate surface area is 114 Å². The van der Waals surface area contributed by atoms with Gasteiger partial charge in [0, 0.05) is 31.7 Å². The molecule has 3 heterocycles. The fraction of sp³-hybridized carbons (Fsp3) is 0.500. The van der Waals surface area contributed by atoms with E-state index in [2.05, 4.69) is 37.8 Å². The fourth-order valence-electron chi connectivity index (χ4n) is 2.21. The summed E-state index contributed by atoms with van der Waals surface area (Å²) in [6.07, 6.45) is 7.84. The van der Waals surface area contributed by atoms with E-state index in [9.17, 15) is 0 Å². The number of piperidine rings is 1. The first kappa shape index (κ1) is 11.9. The van der Waals surface area contributed by atoms with Crippen molar-refractivity contribution in [3.63, 3.8) is 0 Å². The van der Waals surface area contributed by atoms with E-state index >= 15 is 0 Å². The maximum Gasteiger partial charge on any atom is 0.259 e. The van der Waals surface area contributed by atoms with Crippen molar-refractivity contribution < 1.29 is 4.74 Å². The van der Waals surface area contributed by atoms with Gasteiger partial charge in [-0.05, 0) is 35.8 Å². The molecule has 1 fully saturated rings. The lowest BCUT2D eigenvalue weighted by molar-refractivity contribution is 0.111. The van der Waals surface area contributed by atoms with Gasteiger partial charge in [0.25, 0.3) is 5.88 Å². The van der Waals surface area contributed by atoms with E-state index in [1.165, 1.54) is 0 Å². The van der Waals surface area contributed by atoms with Crippen LogP contribution in [-0.2, 0) is 0 Å². The lowest BCUT2D eigenvalue weighted by atomic mass is 10.1. The SMILES string of the molecule is CN1CCC(Oc2nc(Br)cn3ccnc23)CC1. The van der Waals surface area contributed by atoms with E-state index in [0.717, 1.165) is 36.2 Å². The number of hydrogen-bond donors (Lipinski definition) is 0. The van der Waals surface area contributed by atoms with Crippen LogP contribution in [0.15, 0.2) is 23.2 Å². The third kappa shape index (κ3) is 2.35. The van der Waals surface area contributed by atoms with Crippen molar-refractivity contribution in [2.75, 3.05) is 20.1 Å². The van der Waals surface area contributed by atoms with Gasteiger partial charge >= 0.3 is 0 Å². The predicted octanol–water partition coefficient (Wildman–Crippen LogP) is 1.96. The second kappa shape index (κ2) is 4.85. The molecule has 0 aliphatic carbocycles. The molecule has 0 amide bonds. The Morgan fingerprint density at radius 3 is 2.94 bits per heavy atom. The van der Waals surface area contributed by atoms with Gasteiger partial charge in [-0.2, -0.15) is 0 Å². The van der Waals surface area contributed by atoms with E-state index in [0.29, 0.717) is 5.88 Å². The van der Waals surface area contributed by atoms with Gasteiger partial charge in [0.15, 0.2) is 0 Å². The first-order valence-electron chi connectivity index (χ1n) is 6.07. The predicted molar refractivity (Wildman–Crippen MR) is 71.8 cm³/mol. The molecule has 2 aromatic rings. The summed E-state index contributed by atoms with van der Waals surface area (Å²) in [5.41, 5.74) is 0.775. The zero-order chi connectivity index (χ0) is 12.5. The zero-order valence-electron chi connectivity index (χ0n) is 10.2. The largest absolute Gasteiger partial charge is 0.472 e. The molecule has 0 atom stereocenters. The molecule has 0 aromatic carbocycles. The average Bonchev–Trinajstić information content (AvgIpc) is 2.80. The summed E-state index contributed by atoms with van der Waals surface area (Å²) in [5.74, 6) is 0.615. The summed E-state index contributed by atoms with van der Waals surface area (Å²) in [7, 11) is 2.14. The van der Waals surface area contributed by atoms with Crippen molar-refractivity contribution in [1.82, 2.24) is 19.3 Å². The van der Waals surface area contributed by atoms with E-state index in [-0.39, 0.29) is 6.10 Å². The smallest absolute Gasteiger partial charge is 0.259 e. The van der Waals surface area contributed by atoms with Gasteiger partial charge in [-0.1, -0.05) is 0 Å². The molecule has 2 aromatic heterocycles. The Kier molecular flexibility index (Phi) is 3.22. The first-order chi connectivity index (χ1) is 8.72. The molecule has 6 heteroatoms. The summed E-state index contributed by atoms with van der Waals surface area (Å²) in [5, 5.41) is 0. The molecule has 0 saturated carbocycles. The van der Waals surface area contributed by atoms with Crippen molar-refractivity contribution in [1.29, 1.82) is 0 Å². The Morgan fingerprint density at radius 1 is 1.39 bits per heavy atom. The number of aromatic nitrogens is 3. The topological polar surface area (TPSA) is 42.7 Å². The molecule has 0 radical (unpaired) electrons. The maximum absolute atomic E-state index is 6.00. The highest BCUT2D eigenvalue weighted by molar-refractivity contribution is 9.10. The molecule has 5 nitrogen and oxygen atoms in total. The van der Waals surface area contributed by atoms with Crippen molar-refractivity contribution in [2.24, 2.45) is 0 Å². The molecule has 3 rings (SSSR count). The molecule has 0 unspecified atom stereocenters. The van der Waals surface area contributed by atoms with Gasteiger partial charge in [0.05, 0.1) is 0 Å². The van der Waals surface area contributed by atoms with Crippen LogP contribution in [0.3, 0.4) is 0 Å². The average molecular weight is 311 g/mol. The quantitative estimate of drug-likeness (QED) is 0.850. The van der Waals surface area contributed by atoms with Crippen LogP contribution in [0.2, 0.25) is 0 Å². The van der Waals surface area contributed by atoms with Gasteiger partial charge < -0.3 is 9.64 Å². The molecule has 0 N–H and O–H groups in total. The van der Waals surface area contributed by atoms with Crippen LogP contribution in [0.4, 0.5) is 0 Å². The summed E-state index contributed by atoms with van der Waals surface area (Å²) < 4.78 is 8.68. The number of nitrogens with zero attached hydrogens (tertiary/aromatic N) is 4. The lowest BCUT2D eigenvalue weighted by Gasteiger charge is -2.28. The van der Waals surface area contributed by atoms with Gasteiger partial charge in [0.2, 0.25) is 5.65 Å². The second-order valence-corrected chi connectivity index (χ2v) is 5.46. The lowest BCUT2D eigenvalue weighted by Crippen LogP contribution is -2.35. The molecule has 96 valence electrons. The summed E-state index contributed by atoms with van der Waals surface area (Å²) in [6, 6.07) is 0. The number of imidazole rings is 1. The van der Waals surface area contributed by atoms with Crippen LogP contribution in [0.25, 0.3) is 5.65 Å². The van der Waals surface area contributed by atoms with E-state index in [1.54, 1.807) is 6.20 Å². The van der Waals surface area contributed by atoms with Crippen molar-refractivity contribution in [2.45, 2.75) is 18.9 Å². The zero-order valence-corrected chi connectivity index (χ0v) is 11.8. The molecular formula is C12H15BrN4O. The minimum atomic E-state index is 0.239. The first-order valence-corrected chi connectivity index (χ1v) is 6.86. The van der Waals surface area contributed by atoms with Crippen LogP contribution in [0, 0.1) is 0 Å². The Balaban J connectivity index is 1.83. The minimum Gasteiger partial charge on any atom is -0.472 e. The highest BCUT2D eigenvalue weighted by Crippen LogP contribution is 2.22. The fourth-order valence-corrected chi connectivity index (χ4v) is 2.59. The molecule has 1 aliphatic rings. The van der Waals surface area contributed by atoms with Crippen molar-refractivity contribution >= 4 is 21.6 Å². The van der Waals surface area contributed by atoms with E-state index in [1.807, 2.05) is 16.8 Å². The van der Waals surface area contributed by atoms with Crippen LogP contribution < -0.4 is 4.74 Å². The number of rotatable bonds is 2. The van der Waals surface area contributed by atoms with Crippen LogP contribution in [-0.4, -0.2) is 45.5 Å². The van der Waals surface area contributed by atoms with Crippen molar-refractivity contribution in [3.05, 3.63) is 23.2 Å². The van der Waals surface area contributed by atoms with Gasteiger partial charge in [-0.25, -0.2) is 9.97 Å². The molecule has 1 aliphatic heterocycles. The maximum atomic E-state index is 6.00. The third-order valence-corrected chi connectivity index (χ3v) is 3.64. The number of ether oxygens (including phenoxy) is 1. The number of likely N-dealkylation sites (tertiary alicyclic amines) is 1. The molecule has 18 heavy (non-hydrogen) atoms. The third-order valence-electron chi connectivity index (χ3n) is 3.26. The Hall–Kier alpha value is -1.14. The highest BCUT2D eigenvalue weighted by atomic mass is 79.9.